The predicted octanol–water partition coefficient (Wildman–Crippen LogP) is 2.11. The van der Waals surface area contributed by atoms with E-state index in [1.54, 1.807) is 0 Å². The molecule has 1 saturated carbocycles. The van der Waals surface area contributed by atoms with E-state index in [-0.39, 0.29) is 11.2 Å². The van der Waals surface area contributed by atoms with Crippen molar-refractivity contribution in [2.45, 2.75) is 33.0 Å². The fourth-order valence-electron chi connectivity index (χ4n) is 1.52. The minimum Gasteiger partial charge on any atom is -0.345 e. The van der Waals surface area contributed by atoms with Crippen LogP contribution >= 0.6 is 0 Å². The lowest BCUT2D eigenvalue weighted by atomic mass is 9.95. The van der Waals surface area contributed by atoms with Gasteiger partial charge in [-0.15, -0.1) is 0 Å². The zero-order chi connectivity index (χ0) is 8.82. The Morgan fingerprint density at radius 3 is 2.25 bits per heavy atom. The lowest BCUT2D eigenvalue weighted by molar-refractivity contribution is -0.233. The fourth-order valence-corrected chi connectivity index (χ4v) is 1.52. The molecular weight excluding hydrogens is 152 g/mol. The van der Waals surface area contributed by atoms with Gasteiger partial charge in [-0.2, -0.15) is 0 Å². The van der Waals surface area contributed by atoms with E-state index in [1.165, 1.54) is 5.57 Å². The van der Waals surface area contributed by atoms with Gasteiger partial charge in [-0.3, -0.25) is 0 Å². The third kappa shape index (κ3) is 1.19. The Bertz CT molecular complexity index is 218. The molecule has 2 rings (SSSR count). The van der Waals surface area contributed by atoms with Crippen molar-refractivity contribution in [1.29, 1.82) is 0 Å². The molecular formula is C10H16O2. The van der Waals surface area contributed by atoms with Gasteiger partial charge in [0.2, 0.25) is 0 Å². The Balaban J connectivity index is 2.01. The van der Waals surface area contributed by atoms with Crippen LogP contribution in [0.3, 0.4) is 0 Å². The molecule has 0 aromatic heterocycles. The molecule has 2 nitrogen and oxygen atoms in total. The van der Waals surface area contributed by atoms with Crippen molar-refractivity contribution in [1.82, 2.24) is 0 Å². The van der Waals surface area contributed by atoms with Gasteiger partial charge >= 0.3 is 0 Å². The summed E-state index contributed by atoms with van der Waals surface area (Å²) in [4.78, 5) is 0. The molecule has 2 fully saturated rings. The van der Waals surface area contributed by atoms with Crippen molar-refractivity contribution in [2.24, 2.45) is 5.41 Å². The second-order valence-corrected chi connectivity index (χ2v) is 4.49. The molecule has 68 valence electrons. The zero-order valence-corrected chi connectivity index (χ0v) is 8.02. The standard InChI is InChI=1S/C10H16O2/c1-4-8-5-10(8)11-6-9(2,3)7-12-10/h4H,5-7H2,1-3H3/b8-4+. The van der Waals surface area contributed by atoms with Gasteiger partial charge < -0.3 is 9.47 Å². The molecule has 0 atom stereocenters. The zero-order valence-electron chi connectivity index (χ0n) is 8.02. The summed E-state index contributed by atoms with van der Waals surface area (Å²) in [5.41, 5.74) is 1.49. The topological polar surface area (TPSA) is 18.5 Å². The van der Waals surface area contributed by atoms with Crippen LogP contribution in [0.1, 0.15) is 27.2 Å². The SMILES string of the molecule is C/C=C1\CC12OCC(C)(C)CO2. The van der Waals surface area contributed by atoms with E-state index in [0.717, 1.165) is 19.6 Å². The van der Waals surface area contributed by atoms with E-state index in [4.69, 9.17) is 9.47 Å². The highest BCUT2D eigenvalue weighted by molar-refractivity contribution is 5.32. The quantitative estimate of drug-likeness (QED) is 0.516. The average Bonchev–Trinajstić information content (AvgIpc) is 2.72. The fraction of sp³-hybridized carbons (Fsp3) is 0.800. The van der Waals surface area contributed by atoms with E-state index >= 15 is 0 Å². The maximum atomic E-state index is 5.70. The second-order valence-electron chi connectivity index (χ2n) is 4.49. The van der Waals surface area contributed by atoms with E-state index in [2.05, 4.69) is 19.9 Å². The summed E-state index contributed by atoms with van der Waals surface area (Å²) in [6, 6.07) is 0. The van der Waals surface area contributed by atoms with Gasteiger partial charge in [0.15, 0.2) is 5.79 Å². The van der Waals surface area contributed by atoms with Crippen LogP contribution in [0.25, 0.3) is 0 Å². The van der Waals surface area contributed by atoms with Crippen molar-refractivity contribution in [3.05, 3.63) is 11.6 Å². The molecule has 2 heteroatoms. The number of rotatable bonds is 0. The lowest BCUT2D eigenvalue weighted by Crippen LogP contribution is -2.39. The maximum absolute atomic E-state index is 5.70. The molecule has 1 aliphatic heterocycles. The van der Waals surface area contributed by atoms with Gasteiger partial charge in [-0.25, -0.2) is 0 Å². The molecule has 1 heterocycles. The van der Waals surface area contributed by atoms with Crippen LogP contribution in [0.4, 0.5) is 0 Å². The number of hydrogen-bond donors (Lipinski definition) is 0. The van der Waals surface area contributed by atoms with E-state index in [1.807, 2.05) is 6.92 Å². The first kappa shape index (κ1) is 8.27. The summed E-state index contributed by atoms with van der Waals surface area (Å²) in [5, 5.41) is 0. The molecule has 0 N–H and O–H groups in total. The normalized spacial score (nSPS) is 34.1. The molecule has 2 aliphatic rings. The van der Waals surface area contributed by atoms with Crippen molar-refractivity contribution in [2.75, 3.05) is 13.2 Å². The van der Waals surface area contributed by atoms with E-state index < -0.39 is 0 Å². The van der Waals surface area contributed by atoms with Gasteiger partial charge in [-0.05, 0) is 12.5 Å². The summed E-state index contributed by atoms with van der Waals surface area (Å²) in [6.07, 6.45) is 3.07. The number of hydrogen-bond acceptors (Lipinski definition) is 2. The number of ether oxygens (including phenoxy) is 2. The lowest BCUT2D eigenvalue weighted by Gasteiger charge is -2.34. The summed E-state index contributed by atoms with van der Waals surface area (Å²) in [6.45, 7) is 7.99. The summed E-state index contributed by atoms with van der Waals surface area (Å²) >= 11 is 0. The Morgan fingerprint density at radius 1 is 1.25 bits per heavy atom. The molecule has 0 amide bonds. The van der Waals surface area contributed by atoms with Crippen LogP contribution in [0, 0.1) is 5.41 Å². The Morgan fingerprint density at radius 2 is 1.83 bits per heavy atom. The largest absolute Gasteiger partial charge is 0.345 e. The Hall–Kier alpha value is -0.340. The molecule has 0 unspecified atom stereocenters. The Labute approximate surface area is 73.5 Å². The van der Waals surface area contributed by atoms with Crippen molar-refractivity contribution < 1.29 is 9.47 Å². The van der Waals surface area contributed by atoms with Crippen molar-refractivity contribution in [3.8, 4) is 0 Å². The second kappa shape index (κ2) is 2.33. The summed E-state index contributed by atoms with van der Waals surface area (Å²) in [5.74, 6) is -0.287. The predicted molar refractivity (Wildman–Crippen MR) is 46.8 cm³/mol. The van der Waals surface area contributed by atoms with Crippen LogP contribution < -0.4 is 0 Å². The van der Waals surface area contributed by atoms with Gasteiger partial charge in [0.25, 0.3) is 0 Å². The first-order valence-electron chi connectivity index (χ1n) is 4.52. The highest BCUT2D eigenvalue weighted by Crippen LogP contribution is 2.50. The molecule has 1 aliphatic carbocycles. The van der Waals surface area contributed by atoms with Gasteiger partial charge in [0.05, 0.1) is 13.2 Å². The molecule has 1 saturated heterocycles. The van der Waals surface area contributed by atoms with E-state index in [9.17, 15) is 0 Å². The number of allylic oxidation sites excluding steroid dienone is 1. The van der Waals surface area contributed by atoms with Crippen LogP contribution in [-0.2, 0) is 9.47 Å². The molecule has 0 radical (unpaired) electrons. The van der Waals surface area contributed by atoms with Crippen LogP contribution in [0.15, 0.2) is 11.6 Å². The molecule has 1 spiro atoms. The third-order valence-electron chi connectivity index (χ3n) is 2.53. The molecule has 0 bridgehead atoms. The van der Waals surface area contributed by atoms with Crippen molar-refractivity contribution in [3.63, 3.8) is 0 Å². The van der Waals surface area contributed by atoms with Gasteiger partial charge in [-0.1, -0.05) is 19.9 Å². The van der Waals surface area contributed by atoms with Crippen LogP contribution in [0.2, 0.25) is 0 Å². The van der Waals surface area contributed by atoms with Crippen LogP contribution in [-0.4, -0.2) is 19.0 Å². The monoisotopic (exact) mass is 168 g/mol. The highest BCUT2D eigenvalue weighted by Gasteiger charge is 2.55. The third-order valence-corrected chi connectivity index (χ3v) is 2.53. The highest BCUT2D eigenvalue weighted by atomic mass is 16.7. The first-order valence-corrected chi connectivity index (χ1v) is 4.52. The minimum absolute atomic E-state index is 0.187. The van der Waals surface area contributed by atoms with Crippen molar-refractivity contribution >= 4 is 0 Å². The summed E-state index contributed by atoms with van der Waals surface area (Å²) in [7, 11) is 0. The molecule has 0 aromatic carbocycles. The van der Waals surface area contributed by atoms with E-state index in [0.29, 0.717) is 0 Å². The van der Waals surface area contributed by atoms with Gasteiger partial charge in [0.1, 0.15) is 0 Å². The minimum atomic E-state index is -0.287. The smallest absolute Gasteiger partial charge is 0.194 e. The van der Waals surface area contributed by atoms with Crippen LogP contribution in [0.5, 0.6) is 0 Å². The Kier molecular flexibility index (Phi) is 1.61. The molecule has 12 heavy (non-hydrogen) atoms. The molecule has 0 aromatic rings. The average molecular weight is 168 g/mol. The first-order chi connectivity index (χ1) is 5.58. The maximum Gasteiger partial charge on any atom is 0.194 e. The summed E-state index contributed by atoms with van der Waals surface area (Å²) < 4.78 is 11.4. The van der Waals surface area contributed by atoms with Gasteiger partial charge in [0, 0.05) is 11.8 Å².